The number of phenols is 2. The maximum Gasteiger partial charge on any atom is 0.144 e. The molecule has 2 N–H and O–H groups in total. The molecule has 0 aliphatic rings. The summed E-state index contributed by atoms with van der Waals surface area (Å²) in [6.07, 6.45) is 0. The molecule has 0 spiro atoms. The van der Waals surface area contributed by atoms with Crippen molar-refractivity contribution in [2.24, 2.45) is 0 Å². The highest BCUT2D eigenvalue weighted by atomic mass is 79.9. The maximum absolute atomic E-state index is 9.81. The average molecular weight is 283 g/mol. The molecule has 0 heterocycles. The molecule has 2 aromatic carbocycles. The number of hydrogen-bond acceptors (Lipinski definition) is 3. The van der Waals surface area contributed by atoms with Gasteiger partial charge >= 0.3 is 0 Å². The summed E-state index contributed by atoms with van der Waals surface area (Å²) in [6.45, 7) is 1.90. The van der Waals surface area contributed by atoms with E-state index in [1.54, 1.807) is 6.07 Å². The first-order valence-corrected chi connectivity index (χ1v) is 5.53. The lowest BCUT2D eigenvalue weighted by Gasteiger charge is -2.12. The predicted octanol–water partition coefficient (Wildman–Crippen LogP) is 3.33. The summed E-state index contributed by atoms with van der Waals surface area (Å²) in [7, 11) is 1.53. The highest BCUT2D eigenvalue weighted by Gasteiger charge is 2.15. The summed E-state index contributed by atoms with van der Waals surface area (Å²) in [6, 6.07) is 4.71. The number of hydrogen-bond donors (Lipinski definition) is 2. The van der Waals surface area contributed by atoms with Crippen molar-refractivity contribution >= 4 is 26.7 Å². The van der Waals surface area contributed by atoms with Crippen LogP contribution in [0.4, 0.5) is 0 Å². The fourth-order valence-corrected chi connectivity index (χ4v) is 2.22. The number of methoxy groups -OCH3 is 1. The molecular formula is C12H11BrO3. The fraction of sp³-hybridized carbons (Fsp3) is 0.167. The molecule has 0 radical (unpaired) electrons. The molecule has 0 aliphatic heterocycles. The van der Waals surface area contributed by atoms with Gasteiger partial charge in [-0.15, -0.1) is 0 Å². The molecule has 0 amide bonds. The summed E-state index contributed by atoms with van der Waals surface area (Å²) in [5.41, 5.74) is 0.935. The van der Waals surface area contributed by atoms with E-state index in [1.165, 1.54) is 19.2 Å². The lowest BCUT2D eigenvalue weighted by molar-refractivity contribution is 0.412. The molecule has 0 unspecified atom stereocenters. The van der Waals surface area contributed by atoms with Crippen molar-refractivity contribution in [3.8, 4) is 17.2 Å². The first-order valence-electron chi connectivity index (χ1n) is 4.74. The van der Waals surface area contributed by atoms with E-state index >= 15 is 0 Å². The second-order valence-electron chi connectivity index (χ2n) is 3.57. The Balaban J connectivity index is 3.02. The average Bonchev–Trinajstić information content (AvgIpc) is 2.26. The first kappa shape index (κ1) is 11.1. The van der Waals surface area contributed by atoms with Gasteiger partial charge in [-0.05, 0) is 46.6 Å². The lowest BCUT2D eigenvalue weighted by Crippen LogP contribution is -1.90. The normalized spacial score (nSPS) is 10.7. The van der Waals surface area contributed by atoms with Gasteiger partial charge in [-0.1, -0.05) is 0 Å². The number of rotatable bonds is 1. The van der Waals surface area contributed by atoms with Crippen LogP contribution in [-0.2, 0) is 0 Å². The zero-order valence-corrected chi connectivity index (χ0v) is 10.5. The number of phenolic OH excluding ortho intramolecular Hbond substituents is 2. The SMILES string of the molecule is COc1c(Br)c(C)cc2c(O)ccc(O)c12. The summed E-state index contributed by atoms with van der Waals surface area (Å²) >= 11 is 3.40. The van der Waals surface area contributed by atoms with Crippen LogP contribution in [0.3, 0.4) is 0 Å². The van der Waals surface area contributed by atoms with Crippen molar-refractivity contribution in [3.05, 3.63) is 28.2 Å². The third-order valence-electron chi connectivity index (χ3n) is 2.54. The Morgan fingerprint density at radius 1 is 1.19 bits per heavy atom. The fourth-order valence-electron chi connectivity index (χ4n) is 1.74. The van der Waals surface area contributed by atoms with Crippen LogP contribution in [0.1, 0.15) is 5.56 Å². The van der Waals surface area contributed by atoms with Gasteiger partial charge in [-0.3, -0.25) is 0 Å². The van der Waals surface area contributed by atoms with E-state index in [1.807, 2.05) is 6.92 Å². The molecule has 0 aliphatic carbocycles. The largest absolute Gasteiger partial charge is 0.507 e. The van der Waals surface area contributed by atoms with E-state index < -0.39 is 0 Å². The minimum atomic E-state index is 0.0883. The van der Waals surface area contributed by atoms with Crippen molar-refractivity contribution in [1.29, 1.82) is 0 Å². The van der Waals surface area contributed by atoms with Gasteiger partial charge in [0, 0.05) is 5.39 Å². The molecular weight excluding hydrogens is 272 g/mol. The standard InChI is InChI=1S/C12H11BrO3/c1-6-5-7-8(14)3-4-9(15)10(7)12(16-2)11(6)13/h3-5,14-15H,1-2H3. The summed E-state index contributed by atoms with van der Waals surface area (Å²) < 4.78 is 6.04. The van der Waals surface area contributed by atoms with Crippen molar-refractivity contribution in [2.45, 2.75) is 6.92 Å². The van der Waals surface area contributed by atoms with E-state index in [0.29, 0.717) is 16.5 Å². The van der Waals surface area contributed by atoms with Crippen LogP contribution in [0.15, 0.2) is 22.7 Å². The van der Waals surface area contributed by atoms with Gasteiger partial charge in [-0.2, -0.15) is 0 Å². The summed E-state index contributed by atoms with van der Waals surface area (Å²) in [4.78, 5) is 0. The predicted molar refractivity (Wildman–Crippen MR) is 66.3 cm³/mol. The van der Waals surface area contributed by atoms with E-state index in [0.717, 1.165) is 10.0 Å². The van der Waals surface area contributed by atoms with Crippen molar-refractivity contribution in [3.63, 3.8) is 0 Å². The monoisotopic (exact) mass is 282 g/mol. The highest BCUT2D eigenvalue weighted by molar-refractivity contribution is 9.10. The topological polar surface area (TPSA) is 49.7 Å². The van der Waals surface area contributed by atoms with E-state index in [9.17, 15) is 10.2 Å². The molecule has 0 aromatic heterocycles. The van der Waals surface area contributed by atoms with Gasteiger partial charge in [-0.25, -0.2) is 0 Å². The number of aromatic hydroxyl groups is 2. The Morgan fingerprint density at radius 3 is 2.44 bits per heavy atom. The summed E-state index contributed by atoms with van der Waals surface area (Å²) in [5, 5.41) is 20.7. The maximum atomic E-state index is 9.81. The third-order valence-corrected chi connectivity index (χ3v) is 3.52. The van der Waals surface area contributed by atoms with Crippen molar-refractivity contribution in [2.75, 3.05) is 7.11 Å². The Kier molecular flexibility index (Phi) is 2.68. The molecule has 0 saturated heterocycles. The van der Waals surface area contributed by atoms with Gasteiger partial charge in [0.2, 0.25) is 0 Å². The first-order chi connectivity index (χ1) is 7.56. The molecule has 0 fully saturated rings. The van der Waals surface area contributed by atoms with Crippen LogP contribution in [0.5, 0.6) is 17.2 Å². The molecule has 0 atom stereocenters. The van der Waals surface area contributed by atoms with Crippen LogP contribution in [-0.4, -0.2) is 17.3 Å². The lowest BCUT2D eigenvalue weighted by atomic mass is 10.0. The van der Waals surface area contributed by atoms with Gasteiger partial charge in [0.05, 0.1) is 17.0 Å². The van der Waals surface area contributed by atoms with E-state index in [-0.39, 0.29) is 11.5 Å². The number of fused-ring (bicyclic) bond motifs is 1. The Labute approximate surface area is 101 Å². The zero-order valence-electron chi connectivity index (χ0n) is 8.91. The summed E-state index contributed by atoms with van der Waals surface area (Å²) in [5.74, 6) is 0.746. The van der Waals surface area contributed by atoms with Crippen LogP contribution >= 0.6 is 15.9 Å². The molecule has 16 heavy (non-hydrogen) atoms. The smallest absolute Gasteiger partial charge is 0.144 e. The number of aryl methyl sites for hydroxylation is 1. The molecule has 2 rings (SSSR count). The molecule has 84 valence electrons. The highest BCUT2D eigenvalue weighted by Crippen LogP contribution is 2.43. The zero-order chi connectivity index (χ0) is 11.9. The third kappa shape index (κ3) is 1.50. The number of halogens is 1. The Hall–Kier alpha value is -1.42. The van der Waals surface area contributed by atoms with Crippen LogP contribution in [0, 0.1) is 6.92 Å². The second kappa shape index (κ2) is 3.87. The molecule has 0 saturated carbocycles. The quantitative estimate of drug-likeness (QED) is 0.789. The minimum Gasteiger partial charge on any atom is -0.507 e. The molecule has 3 nitrogen and oxygen atoms in total. The molecule has 0 bridgehead atoms. The van der Waals surface area contributed by atoms with Crippen LogP contribution in [0.2, 0.25) is 0 Å². The Morgan fingerprint density at radius 2 is 1.81 bits per heavy atom. The minimum absolute atomic E-state index is 0.0883. The van der Waals surface area contributed by atoms with Gasteiger partial charge < -0.3 is 14.9 Å². The van der Waals surface area contributed by atoms with Crippen LogP contribution in [0.25, 0.3) is 10.8 Å². The number of benzene rings is 2. The Bertz CT molecular complexity index is 564. The molecule has 2 aromatic rings. The van der Waals surface area contributed by atoms with Gasteiger partial charge in [0.15, 0.2) is 0 Å². The van der Waals surface area contributed by atoms with Crippen LogP contribution < -0.4 is 4.74 Å². The number of ether oxygens (including phenoxy) is 1. The molecule has 4 heteroatoms. The second-order valence-corrected chi connectivity index (χ2v) is 4.36. The van der Waals surface area contributed by atoms with E-state index in [2.05, 4.69) is 15.9 Å². The van der Waals surface area contributed by atoms with E-state index in [4.69, 9.17) is 4.74 Å². The van der Waals surface area contributed by atoms with Gasteiger partial charge in [0.25, 0.3) is 0 Å². The van der Waals surface area contributed by atoms with Crippen molar-refractivity contribution < 1.29 is 14.9 Å². The van der Waals surface area contributed by atoms with Gasteiger partial charge in [0.1, 0.15) is 17.2 Å². The van der Waals surface area contributed by atoms with Crippen molar-refractivity contribution in [1.82, 2.24) is 0 Å².